The van der Waals surface area contributed by atoms with E-state index < -0.39 is 0 Å². The summed E-state index contributed by atoms with van der Waals surface area (Å²) in [6.07, 6.45) is 4.45. The van der Waals surface area contributed by atoms with E-state index in [0.29, 0.717) is 30.4 Å². The maximum atomic E-state index is 10.9. The van der Waals surface area contributed by atoms with Crippen LogP contribution < -0.4 is 0 Å². The number of aromatic nitrogens is 2. The molecular formula is C8H10N2O2. The molecule has 0 radical (unpaired) electrons. The number of carbonyl (C=O) groups excluding carboxylic acids is 1. The second kappa shape index (κ2) is 3.05. The highest BCUT2D eigenvalue weighted by Crippen LogP contribution is 2.29. The lowest BCUT2D eigenvalue weighted by Gasteiger charge is -2.16. The van der Waals surface area contributed by atoms with Gasteiger partial charge in [-0.1, -0.05) is 5.16 Å². The summed E-state index contributed by atoms with van der Waals surface area (Å²) >= 11 is 0. The molecule has 1 aromatic heterocycles. The molecule has 12 heavy (non-hydrogen) atoms. The molecular weight excluding hydrogens is 156 g/mol. The SMILES string of the molecule is O=C1CCC(c2ncno2)CC1. The van der Waals surface area contributed by atoms with Gasteiger partial charge in [-0.2, -0.15) is 4.98 Å². The van der Waals surface area contributed by atoms with Gasteiger partial charge in [0.15, 0.2) is 6.33 Å². The van der Waals surface area contributed by atoms with Crippen molar-refractivity contribution in [1.29, 1.82) is 0 Å². The third-order valence-electron chi connectivity index (χ3n) is 2.27. The predicted molar refractivity (Wildman–Crippen MR) is 40.5 cm³/mol. The first-order valence-corrected chi connectivity index (χ1v) is 4.14. The number of rotatable bonds is 1. The number of hydrogen-bond donors (Lipinski definition) is 0. The van der Waals surface area contributed by atoms with Gasteiger partial charge >= 0.3 is 0 Å². The Bertz CT molecular complexity index is 259. The highest BCUT2D eigenvalue weighted by atomic mass is 16.5. The monoisotopic (exact) mass is 166 g/mol. The zero-order valence-corrected chi connectivity index (χ0v) is 6.69. The Hall–Kier alpha value is -1.19. The van der Waals surface area contributed by atoms with Crippen molar-refractivity contribution in [2.24, 2.45) is 0 Å². The van der Waals surface area contributed by atoms with Crippen molar-refractivity contribution < 1.29 is 9.32 Å². The molecule has 4 nitrogen and oxygen atoms in total. The molecule has 1 fully saturated rings. The maximum absolute atomic E-state index is 10.9. The van der Waals surface area contributed by atoms with E-state index in [4.69, 9.17) is 4.52 Å². The van der Waals surface area contributed by atoms with E-state index in [1.54, 1.807) is 0 Å². The molecule has 1 saturated carbocycles. The summed E-state index contributed by atoms with van der Waals surface area (Å²) in [4.78, 5) is 14.9. The van der Waals surface area contributed by atoms with Crippen LogP contribution in [-0.2, 0) is 4.79 Å². The topological polar surface area (TPSA) is 56.0 Å². The van der Waals surface area contributed by atoms with Crippen molar-refractivity contribution in [3.63, 3.8) is 0 Å². The Morgan fingerprint density at radius 2 is 2.17 bits per heavy atom. The largest absolute Gasteiger partial charge is 0.339 e. The van der Waals surface area contributed by atoms with Gasteiger partial charge in [0.25, 0.3) is 0 Å². The van der Waals surface area contributed by atoms with Crippen LogP contribution in [0.25, 0.3) is 0 Å². The quantitative estimate of drug-likeness (QED) is 0.630. The molecule has 0 N–H and O–H groups in total. The molecule has 1 aliphatic rings. The normalized spacial score (nSPS) is 19.8. The minimum absolute atomic E-state index is 0.310. The summed E-state index contributed by atoms with van der Waals surface area (Å²) in [7, 11) is 0. The van der Waals surface area contributed by atoms with Crippen LogP contribution in [0, 0.1) is 0 Å². The van der Waals surface area contributed by atoms with Crippen molar-refractivity contribution in [2.45, 2.75) is 31.6 Å². The molecule has 1 heterocycles. The lowest BCUT2D eigenvalue weighted by atomic mass is 9.88. The van der Waals surface area contributed by atoms with Crippen molar-refractivity contribution in [3.05, 3.63) is 12.2 Å². The smallest absolute Gasteiger partial charge is 0.229 e. The van der Waals surface area contributed by atoms with Gasteiger partial charge in [-0.15, -0.1) is 0 Å². The number of hydrogen-bond acceptors (Lipinski definition) is 4. The van der Waals surface area contributed by atoms with Gasteiger partial charge in [0.05, 0.1) is 0 Å². The predicted octanol–water partition coefficient (Wildman–Crippen LogP) is 1.30. The average molecular weight is 166 g/mol. The van der Waals surface area contributed by atoms with Gasteiger partial charge in [-0.25, -0.2) is 0 Å². The number of carbonyl (C=O) groups is 1. The van der Waals surface area contributed by atoms with Gasteiger partial charge < -0.3 is 4.52 Å². The van der Waals surface area contributed by atoms with E-state index in [1.807, 2.05) is 0 Å². The molecule has 0 amide bonds. The van der Waals surface area contributed by atoms with Crippen molar-refractivity contribution in [2.75, 3.05) is 0 Å². The van der Waals surface area contributed by atoms with E-state index in [1.165, 1.54) is 6.33 Å². The zero-order valence-electron chi connectivity index (χ0n) is 6.69. The summed E-state index contributed by atoms with van der Waals surface area (Å²) < 4.78 is 4.94. The van der Waals surface area contributed by atoms with Crippen molar-refractivity contribution >= 4 is 5.78 Å². The summed E-state index contributed by atoms with van der Waals surface area (Å²) in [6.45, 7) is 0. The van der Waals surface area contributed by atoms with E-state index >= 15 is 0 Å². The second-order valence-corrected chi connectivity index (χ2v) is 3.09. The zero-order chi connectivity index (χ0) is 8.39. The molecule has 1 aliphatic carbocycles. The highest BCUT2D eigenvalue weighted by Gasteiger charge is 2.23. The fourth-order valence-corrected chi connectivity index (χ4v) is 1.55. The minimum Gasteiger partial charge on any atom is -0.339 e. The summed E-state index contributed by atoms with van der Waals surface area (Å²) in [5.41, 5.74) is 0. The van der Waals surface area contributed by atoms with E-state index in [0.717, 1.165) is 12.8 Å². The van der Waals surface area contributed by atoms with E-state index in [2.05, 4.69) is 10.1 Å². The standard InChI is InChI=1S/C8H10N2O2/c11-7-3-1-6(2-4-7)8-9-5-10-12-8/h5-6H,1-4H2. The molecule has 2 rings (SSSR count). The van der Waals surface area contributed by atoms with Crippen molar-refractivity contribution in [3.8, 4) is 0 Å². The minimum atomic E-state index is 0.310. The summed E-state index contributed by atoms with van der Waals surface area (Å²) in [5, 5.41) is 3.55. The Kier molecular flexibility index (Phi) is 1.89. The number of Topliss-reactive ketones (excluding diaryl/α,β-unsaturated/α-hetero) is 1. The first-order chi connectivity index (χ1) is 5.86. The second-order valence-electron chi connectivity index (χ2n) is 3.09. The third-order valence-corrected chi connectivity index (χ3v) is 2.27. The molecule has 0 aliphatic heterocycles. The lowest BCUT2D eigenvalue weighted by Crippen LogP contribution is -2.12. The Labute approximate surface area is 70.0 Å². The van der Waals surface area contributed by atoms with Crippen LogP contribution in [0.15, 0.2) is 10.9 Å². The van der Waals surface area contributed by atoms with Gasteiger partial charge in [0, 0.05) is 18.8 Å². The molecule has 0 spiro atoms. The Balaban J connectivity index is 2.03. The number of ketones is 1. The van der Waals surface area contributed by atoms with E-state index in [-0.39, 0.29) is 0 Å². The molecule has 0 atom stereocenters. The third kappa shape index (κ3) is 1.37. The molecule has 4 heteroatoms. The lowest BCUT2D eigenvalue weighted by molar-refractivity contribution is -0.120. The van der Waals surface area contributed by atoms with Crippen LogP contribution in [0.2, 0.25) is 0 Å². The van der Waals surface area contributed by atoms with Crippen LogP contribution in [0.5, 0.6) is 0 Å². The summed E-state index contributed by atoms with van der Waals surface area (Å²) in [5.74, 6) is 1.35. The number of nitrogens with zero attached hydrogens (tertiary/aromatic N) is 2. The fourth-order valence-electron chi connectivity index (χ4n) is 1.55. The molecule has 0 unspecified atom stereocenters. The molecule has 0 saturated heterocycles. The Morgan fingerprint density at radius 1 is 1.42 bits per heavy atom. The van der Waals surface area contributed by atoms with Gasteiger partial charge in [0.2, 0.25) is 5.89 Å². The molecule has 64 valence electrons. The van der Waals surface area contributed by atoms with E-state index in [9.17, 15) is 4.79 Å². The average Bonchev–Trinajstić information content (AvgIpc) is 2.58. The summed E-state index contributed by atoms with van der Waals surface area (Å²) in [6, 6.07) is 0. The van der Waals surface area contributed by atoms with Crippen LogP contribution in [0.3, 0.4) is 0 Å². The fraction of sp³-hybridized carbons (Fsp3) is 0.625. The first kappa shape index (κ1) is 7.46. The van der Waals surface area contributed by atoms with Gasteiger partial charge in [-0.3, -0.25) is 4.79 Å². The first-order valence-electron chi connectivity index (χ1n) is 4.14. The highest BCUT2D eigenvalue weighted by molar-refractivity contribution is 5.79. The van der Waals surface area contributed by atoms with Crippen molar-refractivity contribution in [1.82, 2.24) is 10.1 Å². The van der Waals surface area contributed by atoms with Crippen LogP contribution in [-0.4, -0.2) is 15.9 Å². The molecule has 0 bridgehead atoms. The van der Waals surface area contributed by atoms with Gasteiger partial charge in [-0.05, 0) is 12.8 Å². The van der Waals surface area contributed by atoms with Crippen LogP contribution in [0.4, 0.5) is 0 Å². The van der Waals surface area contributed by atoms with Crippen LogP contribution >= 0.6 is 0 Å². The van der Waals surface area contributed by atoms with Crippen LogP contribution in [0.1, 0.15) is 37.5 Å². The van der Waals surface area contributed by atoms with Gasteiger partial charge in [0.1, 0.15) is 5.78 Å². The molecule has 0 aromatic carbocycles. The maximum Gasteiger partial charge on any atom is 0.229 e. The molecule has 1 aromatic rings. The Morgan fingerprint density at radius 3 is 2.75 bits per heavy atom.